The molecule has 0 unspecified atom stereocenters. The maximum absolute atomic E-state index is 5.51. The van der Waals surface area contributed by atoms with Crippen molar-refractivity contribution in [2.75, 3.05) is 46.1 Å². The van der Waals surface area contributed by atoms with Gasteiger partial charge in [0.25, 0.3) is 0 Å². The summed E-state index contributed by atoms with van der Waals surface area (Å²) in [6, 6.07) is 8.94. The van der Waals surface area contributed by atoms with E-state index in [9.17, 15) is 0 Å². The first-order valence-corrected chi connectivity index (χ1v) is 10.3. The van der Waals surface area contributed by atoms with Gasteiger partial charge < -0.3 is 14.0 Å². The number of fused-ring (bicyclic) bond motifs is 1. The highest BCUT2D eigenvalue weighted by atomic mass is 16.7. The van der Waals surface area contributed by atoms with Gasteiger partial charge in [-0.15, -0.1) is 0 Å². The van der Waals surface area contributed by atoms with Gasteiger partial charge in [0.2, 0.25) is 6.79 Å². The van der Waals surface area contributed by atoms with E-state index in [1.54, 1.807) is 6.26 Å². The van der Waals surface area contributed by atoms with E-state index >= 15 is 0 Å². The van der Waals surface area contributed by atoms with Gasteiger partial charge in [-0.05, 0) is 37.1 Å². The third kappa shape index (κ3) is 4.01. The van der Waals surface area contributed by atoms with E-state index in [0.29, 0.717) is 12.8 Å². The fourth-order valence-electron chi connectivity index (χ4n) is 4.61. The molecule has 2 fully saturated rings. The van der Waals surface area contributed by atoms with Crippen LogP contribution >= 0.6 is 0 Å². The molecule has 3 aliphatic rings. The van der Waals surface area contributed by atoms with Crippen molar-refractivity contribution in [1.82, 2.24) is 19.9 Å². The van der Waals surface area contributed by atoms with Crippen LogP contribution in [0.15, 0.2) is 35.1 Å². The second-order valence-electron chi connectivity index (χ2n) is 8.02. The minimum Gasteiger partial charge on any atom is -0.454 e. The van der Waals surface area contributed by atoms with Gasteiger partial charge in [0, 0.05) is 57.9 Å². The van der Waals surface area contributed by atoms with Crippen molar-refractivity contribution < 1.29 is 14.0 Å². The second kappa shape index (κ2) is 8.11. The molecule has 7 nitrogen and oxygen atoms in total. The number of nitrogens with zero attached hydrogens (tertiary/aromatic N) is 4. The van der Waals surface area contributed by atoms with E-state index in [4.69, 9.17) is 14.0 Å². The maximum Gasteiger partial charge on any atom is 0.231 e. The smallest absolute Gasteiger partial charge is 0.231 e. The summed E-state index contributed by atoms with van der Waals surface area (Å²) in [6.45, 7) is 9.04. The Labute approximate surface area is 165 Å². The Kier molecular flexibility index (Phi) is 5.20. The van der Waals surface area contributed by atoms with Gasteiger partial charge in [0.1, 0.15) is 6.26 Å². The number of benzene rings is 1. The van der Waals surface area contributed by atoms with Crippen LogP contribution in [0.4, 0.5) is 0 Å². The van der Waals surface area contributed by atoms with Crippen molar-refractivity contribution in [3.63, 3.8) is 0 Å². The van der Waals surface area contributed by atoms with Gasteiger partial charge in [-0.3, -0.25) is 14.7 Å². The number of piperazine rings is 1. The molecule has 1 aromatic heterocycles. The van der Waals surface area contributed by atoms with E-state index in [-0.39, 0.29) is 0 Å². The fraction of sp³-hybridized carbons (Fsp3) is 0.571. The van der Waals surface area contributed by atoms with Crippen molar-refractivity contribution >= 4 is 0 Å². The predicted molar refractivity (Wildman–Crippen MR) is 104 cm³/mol. The van der Waals surface area contributed by atoms with E-state index in [2.05, 4.69) is 32.0 Å². The highest BCUT2D eigenvalue weighted by molar-refractivity contribution is 5.44. The highest BCUT2D eigenvalue weighted by Gasteiger charge is 2.28. The summed E-state index contributed by atoms with van der Waals surface area (Å²) in [5, 5.41) is 4.07. The van der Waals surface area contributed by atoms with Crippen LogP contribution in [0.1, 0.15) is 24.1 Å². The lowest BCUT2D eigenvalue weighted by molar-refractivity contribution is 0.0471. The summed E-state index contributed by atoms with van der Waals surface area (Å²) < 4.78 is 15.9. The number of rotatable bonds is 5. The predicted octanol–water partition coefficient (Wildman–Crippen LogP) is 2.19. The topological polar surface area (TPSA) is 54.2 Å². The molecule has 0 aliphatic carbocycles. The maximum atomic E-state index is 5.51. The molecule has 2 saturated heterocycles. The molecule has 5 rings (SSSR count). The van der Waals surface area contributed by atoms with E-state index in [1.807, 2.05) is 12.1 Å². The van der Waals surface area contributed by atoms with Crippen LogP contribution in [0.25, 0.3) is 0 Å². The SMILES string of the molecule is c1cc(CN2CCC[C@@H](N3CCN(Cc4ccc5c(c4)OCO5)CC3)C2)no1. The Bertz CT molecular complexity index is 774. The van der Waals surface area contributed by atoms with Gasteiger partial charge in [-0.1, -0.05) is 11.2 Å². The Morgan fingerprint density at radius 1 is 0.929 bits per heavy atom. The molecule has 0 spiro atoms. The Balaban J connectivity index is 1.11. The molecule has 0 amide bonds. The molecular formula is C21H28N4O3. The zero-order valence-electron chi connectivity index (χ0n) is 16.3. The number of hydrogen-bond acceptors (Lipinski definition) is 7. The largest absolute Gasteiger partial charge is 0.454 e. The van der Waals surface area contributed by atoms with Crippen LogP contribution < -0.4 is 9.47 Å². The number of piperidine rings is 1. The first-order valence-electron chi connectivity index (χ1n) is 10.3. The zero-order valence-corrected chi connectivity index (χ0v) is 16.3. The van der Waals surface area contributed by atoms with E-state index < -0.39 is 0 Å². The molecule has 0 bridgehead atoms. The van der Waals surface area contributed by atoms with Crippen molar-refractivity contribution in [3.05, 3.63) is 41.8 Å². The van der Waals surface area contributed by atoms with Crippen LogP contribution in [-0.4, -0.2) is 72.0 Å². The summed E-state index contributed by atoms with van der Waals surface area (Å²) in [5.41, 5.74) is 2.34. The summed E-state index contributed by atoms with van der Waals surface area (Å²) in [5.74, 6) is 1.74. The molecular weight excluding hydrogens is 356 g/mol. The normalized spacial score (nSPS) is 23.9. The van der Waals surface area contributed by atoms with Crippen LogP contribution in [-0.2, 0) is 13.1 Å². The Hall–Kier alpha value is -2.09. The van der Waals surface area contributed by atoms with Crippen LogP contribution in [0.5, 0.6) is 11.5 Å². The van der Waals surface area contributed by atoms with Crippen LogP contribution in [0, 0.1) is 0 Å². The second-order valence-corrected chi connectivity index (χ2v) is 8.02. The molecule has 150 valence electrons. The Morgan fingerprint density at radius 2 is 1.82 bits per heavy atom. The van der Waals surface area contributed by atoms with Crippen molar-refractivity contribution in [2.24, 2.45) is 0 Å². The van der Waals surface area contributed by atoms with Crippen LogP contribution in [0.3, 0.4) is 0 Å². The van der Waals surface area contributed by atoms with Gasteiger partial charge in [0.15, 0.2) is 11.5 Å². The fourth-order valence-corrected chi connectivity index (χ4v) is 4.61. The molecule has 1 aromatic carbocycles. The van der Waals surface area contributed by atoms with Crippen molar-refractivity contribution in [1.29, 1.82) is 0 Å². The molecule has 1 atom stereocenters. The number of ether oxygens (including phenoxy) is 2. The highest BCUT2D eigenvalue weighted by Crippen LogP contribution is 2.33. The third-order valence-electron chi connectivity index (χ3n) is 6.12. The number of hydrogen-bond donors (Lipinski definition) is 0. The summed E-state index contributed by atoms with van der Waals surface area (Å²) in [6.07, 6.45) is 4.23. The van der Waals surface area contributed by atoms with Crippen molar-refractivity contribution in [2.45, 2.75) is 32.0 Å². The molecule has 0 N–H and O–H groups in total. The lowest BCUT2D eigenvalue weighted by Gasteiger charge is -2.43. The van der Waals surface area contributed by atoms with E-state index in [0.717, 1.165) is 69.6 Å². The molecule has 4 heterocycles. The average molecular weight is 384 g/mol. The first-order chi connectivity index (χ1) is 13.8. The van der Waals surface area contributed by atoms with Gasteiger partial charge in [-0.2, -0.15) is 0 Å². The molecule has 3 aliphatic heterocycles. The summed E-state index contributed by atoms with van der Waals surface area (Å²) >= 11 is 0. The van der Waals surface area contributed by atoms with Gasteiger partial charge >= 0.3 is 0 Å². The van der Waals surface area contributed by atoms with Crippen molar-refractivity contribution in [3.8, 4) is 11.5 Å². The number of likely N-dealkylation sites (tertiary alicyclic amines) is 1. The standard InChI is InChI=1S/C21H28N4O3/c1-2-19(15-24(6-1)14-18-5-11-28-22-18)25-9-7-23(8-10-25)13-17-3-4-20-21(12-17)27-16-26-20/h3-5,11-12,19H,1-2,6-10,13-16H2/t19-/m1/s1. The number of aromatic nitrogens is 1. The van der Waals surface area contributed by atoms with Gasteiger partial charge in [0.05, 0.1) is 5.69 Å². The van der Waals surface area contributed by atoms with E-state index in [1.165, 1.54) is 18.4 Å². The average Bonchev–Trinajstić information content (AvgIpc) is 3.40. The quantitative estimate of drug-likeness (QED) is 0.783. The first kappa shape index (κ1) is 18.0. The lowest BCUT2D eigenvalue weighted by Crippen LogP contribution is -2.54. The molecule has 7 heteroatoms. The third-order valence-corrected chi connectivity index (χ3v) is 6.12. The zero-order chi connectivity index (χ0) is 18.8. The summed E-state index contributed by atoms with van der Waals surface area (Å²) in [4.78, 5) is 7.75. The lowest BCUT2D eigenvalue weighted by atomic mass is 10.0. The Morgan fingerprint density at radius 3 is 2.68 bits per heavy atom. The monoisotopic (exact) mass is 384 g/mol. The molecule has 0 saturated carbocycles. The van der Waals surface area contributed by atoms with Crippen LogP contribution in [0.2, 0.25) is 0 Å². The van der Waals surface area contributed by atoms with Gasteiger partial charge in [-0.25, -0.2) is 0 Å². The molecule has 2 aromatic rings. The minimum atomic E-state index is 0.340. The summed E-state index contributed by atoms with van der Waals surface area (Å²) in [7, 11) is 0. The molecule has 0 radical (unpaired) electrons. The molecule has 28 heavy (non-hydrogen) atoms. The minimum absolute atomic E-state index is 0.340.